The van der Waals surface area contributed by atoms with E-state index in [1.165, 1.54) is 28.9 Å². The quantitative estimate of drug-likeness (QED) is 0.341. The van der Waals surface area contributed by atoms with E-state index in [0.29, 0.717) is 24.4 Å². The molecule has 7 nitrogen and oxygen atoms in total. The molecule has 226 valence electrons. The standard InChI is InChI=1S/C29H25F6N5O2S/c30-28(31,32)18-7-9-19(10-8-18)40-25(14-22(38-40)17-5-6-17)39-15-20(13-23(39)26(41)37-27(16-36)11-12-27)43(42)24-4-2-1-3-21(24)29(33,34)35/h1-4,7-10,14,17,20,23H,5-6,11-13,15H2,(H,37,41)/t20?,23-,43?/m0/s1. The smallest absolute Gasteiger partial charge is 0.343 e. The highest BCUT2D eigenvalue weighted by molar-refractivity contribution is 7.85. The van der Waals surface area contributed by atoms with E-state index in [1.807, 2.05) is 0 Å². The minimum atomic E-state index is -4.74. The normalized spacial score (nSPS) is 22.2. The maximum absolute atomic E-state index is 13.8. The molecule has 2 heterocycles. The van der Waals surface area contributed by atoms with E-state index in [0.717, 1.165) is 37.1 Å². The topological polar surface area (TPSA) is 91.0 Å². The van der Waals surface area contributed by atoms with Gasteiger partial charge in [-0.2, -0.15) is 36.7 Å². The second-order valence-corrected chi connectivity index (χ2v) is 12.9. The zero-order chi connectivity index (χ0) is 30.7. The van der Waals surface area contributed by atoms with E-state index in [4.69, 9.17) is 0 Å². The molecule has 2 saturated carbocycles. The van der Waals surface area contributed by atoms with Crippen molar-refractivity contribution in [1.29, 1.82) is 5.26 Å². The van der Waals surface area contributed by atoms with Crippen LogP contribution in [0.15, 0.2) is 59.5 Å². The van der Waals surface area contributed by atoms with E-state index in [2.05, 4.69) is 16.5 Å². The van der Waals surface area contributed by atoms with E-state index >= 15 is 0 Å². The van der Waals surface area contributed by atoms with Crippen molar-refractivity contribution in [2.45, 2.75) is 72.1 Å². The molecule has 1 saturated heterocycles. The van der Waals surface area contributed by atoms with Gasteiger partial charge in [-0.05, 0) is 68.5 Å². The molecule has 0 radical (unpaired) electrons. The fourth-order valence-corrected chi connectivity index (χ4v) is 7.00. The van der Waals surface area contributed by atoms with Crippen LogP contribution in [0.25, 0.3) is 5.69 Å². The number of nitrogens with zero attached hydrogens (tertiary/aromatic N) is 4. The lowest BCUT2D eigenvalue weighted by Crippen LogP contribution is -2.48. The molecule has 0 bridgehead atoms. The van der Waals surface area contributed by atoms with Gasteiger partial charge < -0.3 is 10.2 Å². The Morgan fingerprint density at radius 1 is 1.02 bits per heavy atom. The van der Waals surface area contributed by atoms with Crippen LogP contribution >= 0.6 is 0 Å². The maximum atomic E-state index is 13.8. The first-order valence-corrected chi connectivity index (χ1v) is 14.9. The van der Waals surface area contributed by atoms with Crippen molar-refractivity contribution in [2.75, 3.05) is 11.4 Å². The average Bonchev–Trinajstić information content (AvgIpc) is 3.88. The molecule has 1 aliphatic heterocycles. The van der Waals surface area contributed by atoms with Gasteiger partial charge in [0, 0.05) is 18.5 Å². The summed E-state index contributed by atoms with van der Waals surface area (Å²) in [6.07, 6.45) is -6.75. The van der Waals surface area contributed by atoms with Crippen molar-refractivity contribution in [3.8, 4) is 11.8 Å². The highest BCUT2D eigenvalue weighted by atomic mass is 32.2. The van der Waals surface area contributed by atoms with Gasteiger partial charge in [0.25, 0.3) is 0 Å². The van der Waals surface area contributed by atoms with Gasteiger partial charge in [0.1, 0.15) is 17.4 Å². The summed E-state index contributed by atoms with van der Waals surface area (Å²) in [7, 11) is -2.17. The Kier molecular flexibility index (Phi) is 7.06. The number of nitriles is 1. The molecule has 1 amide bonds. The van der Waals surface area contributed by atoms with Gasteiger partial charge in [0.15, 0.2) is 0 Å². The van der Waals surface area contributed by atoms with Crippen molar-refractivity contribution in [3.63, 3.8) is 0 Å². The number of amides is 1. The van der Waals surface area contributed by atoms with Crippen molar-refractivity contribution in [2.24, 2.45) is 0 Å². The fourth-order valence-electron chi connectivity index (χ4n) is 5.37. The molecule has 14 heteroatoms. The number of hydrogen-bond acceptors (Lipinski definition) is 5. The molecule has 3 fully saturated rings. The van der Waals surface area contributed by atoms with Crippen LogP contribution in [0.1, 0.15) is 54.8 Å². The summed E-state index contributed by atoms with van der Waals surface area (Å²) in [4.78, 5) is 14.8. The Morgan fingerprint density at radius 3 is 2.28 bits per heavy atom. The molecule has 3 atom stereocenters. The number of hydrogen-bond donors (Lipinski definition) is 1. The molecule has 0 spiro atoms. The molecule has 43 heavy (non-hydrogen) atoms. The molecule has 1 aromatic heterocycles. The van der Waals surface area contributed by atoms with Crippen LogP contribution in [0.5, 0.6) is 0 Å². The van der Waals surface area contributed by atoms with Crippen molar-refractivity contribution < 1.29 is 35.3 Å². The lowest BCUT2D eigenvalue weighted by Gasteiger charge is -2.27. The Morgan fingerprint density at radius 2 is 1.70 bits per heavy atom. The first-order valence-electron chi connectivity index (χ1n) is 13.6. The van der Waals surface area contributed by atoms with Crippen LogP contribution in [0.3, 0.4) is 0 Å². The average molecular weight is 622 g/mol. The third-order valence-corrected chi connectivity index (χ3v) is 9.78. The predicted octanol–water partition coefficient (Wildman–Crippen LogP) is 5.71. The number of carbonyl (C=O) groups is 1. The minimum absolute atomic E-state index is 0.0803. The van der Waals surface area contributed by atoms with Gasteiger partial charge in [-0.15, -0.1) is 0 Å². The Labute approximate surface area is 244 Å². The SMILES string of the molecule is N#CC1(NC(=O)[C@@H]2CC(S(=O)c3ccccc3C(F)(F)F)CN2c2cc(C3CC3)nn2-c2ccc(C(F)(F)F)cc2)CC1. The van der Waals surface area contributed by atoms with Gasteiger partial charge in [-0.1, -0.05) is 12.1 Å². The van der Waals surface area contributed by atoms with Gasteiger partial charge in [-0.3, -0.25) is 9.00 Å². The van der Waals surface area contributed by atoms with Crippen molar-refractivity contribution >= 4 is 22.5 Å². The van der Waals surface area contributed by atoms with Crippen LogP contribution in [0, 0.1) is 11.3 Å². The lowest BCUT2D eigenvalue weighted by atomic mass is 10.1. The second kappa shape index (κ2) is 10.4. The fraction of sp³-hybridized carbons (Fsp3) is 0.414. The summed E-state index contributed by atoms with van der Waals surface area (Å²) in [6, 6.07) is 11.7. The number of carbonyl (C=O) groups excluding carboxylic acids is 1. The number of halogens is 6. The number of aromatic nitrogens is 2. The van der Waals surface area contributed by atoms with Crippen molar-refractivity contribution in [3.05, 3.63) is 71.4 Å². The molecule has 3 aromatic rings. The Hall–Kier alpha value is -3.86. The molecular formula is C29H25F6N5O2S. The third-order valence-electron chi connectivity index (χ3n) is 8.04. The summed E-state index contributed by atoms with van der Waals surface area (Å²) in [5.41, 5.74) is -1.96. The zero-order valence-corrected chi connectivity index (χ0v) is 23.3. The molecule has 2 unspecified atom stereocenters. The van der Waals surface area contributed by atoms with Crippen LogP contribution in [-0.4, -0.2) is 43.3 Å². The van der Waals surface area contributed by atoms with Crippen molar-refractivity contribution in [1.82, 2.24) is 15.1 Å². The summed E-state index contributed by atoms with van der Waals surface area (Å²) >= 11 is 0. The summed E-state index contributed by atoms with van der Waals surface area (Å²) in [5, 5.41) is 16.0. The summed E-state index contributed by atoms with van der Waals surface area (Å²) < 4.78 is 96.2. The van der Waals surface area contributed by atoms with Gasteiger partial charge in [0.2, 0.25) is 5.91 Å². The number of rotatable bonds is 7. The van der Waals surface area contributed by atoms with Crippen LogP contribution in [0.2, 0.25) is 0 Å². The lowest BCUT2D eigenvalue weighted by molar-refractivity contribution is -0.140. The molecule has 2 aromatic carbocycles. The third kappa shape index (κ3) is 5.74. The van der Waals surface area contributed by atoms with Gasteiger partial charge in [0.05, 0.1) is 49.5 Å². The first kappa shape index (κ1) is 29.2. The number of benzene rings is 2. The monoisotopic (exact) mass is 621 g/mol. The largest absolute Gasteiger partial charge is 0.417 e. The zero-order valence-electron chi connectivity index (χ0n) is 22.5. The highest BCUT2D eigenvalue weighted by Gasteiger charge is 2.49. The van der Waals surface area contributed by atoms with E-state index < -0.39 is 61.9 Å². The highest BCUT2D eigenvalue weighted by Crippen LogP contribution is 2.43. The number of nitrogens with one attached hydrogen (secondary N) is 1. The van der Waals surface area contributed by atoms with E-state index in [1.54, 1.807) is 11.0 Å². The Bertz CT molecular complexity index is 1620. The van der Waals surface area contributed by atoms with Gasteiger partial charge >= 0.3 is 12.4 Å². The Balaban J connectivity index is 1.39. The predicted molar refractivity (Wildman–Crippen MR) is 144 cm³/mol. The van der Waals surface area contributed by atoms with E-state index in [9.17, 15) is 40.6 Å². The molecule has 6 rings (SSSR count). The molecular weight excluding hydrogens is 596 g/mol. The number of alkyl halides is 6. The number of anilines is 1. The van der Waals surface area contributed by atoms with Gasteiger partial charge in [-0.25, -0.2) is 4.68 Å². The second-order valence-electron chi connectivity index (χ2n) is 11.2. The molecule has 2 aliphatic carbocycles. The van der Waals surface area contributed by atoms with Crippen LogP contribution < -0.4 is 10.2 Å². The van der Waals surface area contributed by atoms with Crippen LogP contribution in [-0.2, 0) is 27.9 Å². The molecule has 1 N–H and O–H groups in total. The first-order chi connectivity index (χ1) is 20.3. The minimum Gasteiger partial charge on any atom is -0.343 e. The summed E-state index contributed by atoms with van der Waals surface area (Å²) in [5.74, 6) is -0.0794. The summed E-state index contributed by atoms with van der Waals surface area (Å²) in [6.45, 7) is -0.0904. The maximum Gasteiger partial charge on any atom is 0.417 e. The molecule has 3 aliphatic rings. The van der Waals surface area contributed by atoms with Crippen LogP contribution in [0.4, 0.5) is 32.2 Å². The van der Waals surface area contributed by atoms with E-state index in [-0.39, 0.29) is 24.6 Å².